The second-order valence-corrected chi connectivity index (χ2v) is 3.93. The van der Waals surface area contributed by atoms with Crippen LogP contribution in [-0.2, 0) is 15.5 Å². The van der Waals surface area contributed by atoms with Gasteiger partial charge in [-0.15, -0.1) is 0 Å². The van der Waals surface area contributed by atoms with E-state index in [1.54, 1.807) is 7.11 Å². The molecule has 1 saturated heterocycles. The minimum atomic E-state index is -0.595. The van der Waals surface area contributed by atoms with E-state index in [1.807, 2.05) is 0 Å². The molecule has 0 aliphatic carbocycles. The molecule has 0 bridgehead atoms. The molecule has 9 heavy (non-hydrogen) atoms. The maximum Gasteiger partial charge on any atom is 0.0686 e. The smallest absolute Gasteiger partial charge is 0.0686 e. The number of methoxy groups -OCH3 is 1. The van der Waals surface area contributed by atoms with Gasteiger partial charge in [-0.3, -0.25) is 4.21 Å². The Balaban J connectivity index is 2.32. The lowest BCUT2D eigenvalue weighted by atomic mass is 10.2. The molecule has 0 aromatic rings. The van der Waals surface area contributed by atoms with Gasteiger partial charge >= 0.3 is 0 Å². The zero-order valence-corrected chi connectivity index (χ0v) is 6.45. The summed E-state index contributed by atoms with van der Waals surface area (Å²) < 4.78 is 15.9. The first-order valence-electron chi connectivity index (χ1n) is 3.20. The molecule has 1 unspecified atom stereocenters. The Morgan fingerprint density at radius 3 is 2.89 bits per heavy atom. The van der Waals surface area contributed by atoms with Gasteiger partial charge in [-0.05, 0) is 12.8 Å². The number of hydrogen-bond donors (Lipinski definition) is 0. The Kier molecular flexibility index (Phi) is 2.66. The zero-order valence-electron chi connectivity index (χ0n) is 5.63. The molecule has 0 spiro atoms. The number of rotatable bonds is 1. The second-order valence-electron chi connectivity index (χ2n) is 2.31. The number of hydrogen-bond acceptors (Lipinski definition) is 2. The van der Waals surface area contributed by atoms with Crippen molar-refractivity contribution in [2.75, 3.05) is 18.6 Å². The average Bonchev–Trinajstić information content (AvgIpc) is 1.88. The van der Waals surface area contributed by atoms with Crippen LogP contribution in [0.15, 0.2) is 0 Å². The molecule has 1 aliphatic rings. The predicted octanol–water partition coefficient (Wildman–Crippen LogP) is 0.544. The predicted molar refractivity (Wildman–Crippen MR) is 37.9 cm³/mol. The van der Waals surface area contributed by atoms with Crippen molar-refractivity contribution in [3.05, 3.63) is 0 Å². The van der Waals surface area contributed by atoms with E-state index in [0.29, 0.717) is 0 Å². The first kappa shape index (κ1) is 7.22. The van der Waals surface area contributed by atoms with E-state index < -0.39 is 10.8 Å². The van der Waals surface area contributed by atoms with Crippen molar-refractivity contribution >= 4 is 10.8 Å². The van der Waals surface area contributed by atoms with E-state index in [-0.39, 0.29) is 6.10 Å². The molecular formula is C6H12O2S. The molecule has 54 valence electrons. The highest BCUT2D eigenvalue weighted by Crippen LogP contribution is 2.10. The Labute approximate surface area is 58.0 Å². The van der Waals surface area contributed by atoms with Crippen molar-refractivity contribution in [2.45, 2.75) is 18.9 Å². The highest BCUT2D eigenvalue weighted by molar-refractivity contribution is 7.85. The quantitative estimate of drug-likeness (QED) is 0.542. The molecule has 1 heterocycles. The molecule has 0 saturated carbocycles. The summed E-state index contributed by atoms with van der Waals surface area (Å²) in [6, 6.07) is 0. The van der Waals surface area contributed by atoms with Crippen LogP contribution in [0.2, 0.25) is 0 Å². The van der Waals surface area contributed by atoms with Crippen LogP contribution in [0.1, 0.15) is 12.8 Å². The third-order valence-corrected chi connectivity index (χ3v) is 3.09. The lowest BCUT2D eigenvalue weighted by molar-refractivity contribution is 0.111. The van der Waals surface area contributed by atoms with Crippen molar-refractivity contribution in [2.24, 2.45) is 0 Å². The largest absolute Gasteiger partial charge is 0.381 e. The van der Waals surface area contributed by atoms with Crippen molar-refractivity contribution in [3.63, 3.8) is 0 Å². The summed E-state index contributed by atoms with van der Waals surface area (Å²) in [5, 5.41) is 0. The summed E-state index contributed by atoms with van der Waals surface area (Å²) in [5.74, 6) is 1.62. The minimum Gasteiger partial charge on any atom is -0.381 e. The number of ether oxygens (including phenoxy) is 1. The topological polar surface area (TPSA) is 26.3 Å². The first-order valence-corrected chi connectivity index (χ1v) is 4.69. The molecule has 0 amide bonds. The molecule has 3 heteroatoms. The highest BCUT2D eigenvalue weighted by Gasteiger charge is 2.16. The molecule has 0 N–H and O–H groups in total. The van der Waals surface area contributed by atoms with Crippen LogP contribution in [0.5, 0.6) is 0 Å². The van der Waals surface area contributed by atoms with Crippen molar-refractivity contribution in [3.8, 4) is 0 Å². The van der Waals surface area contributed by atoms with E-state index in [9.17, 15) is 4.21 Å². The summed E-state index contributed by atoms with van der Waals surface area (Å²) in [6.07, 6.45) is 2.41. The second kappa shape index (κ2) is 3.32. The van der Waals surface area contributed by atoms with Gasteiger partial charge in [-0.2, -0.15) is 0 Å². The van der Waals surface area contributed by atoms with Crippen LogP contribution in [0.25, 0.3) is 0 Å². The van der Waals surface area contributed by atoms with Crippen molar-refractivity contribution in [1.29, 1.82) is 0 Å². The van der Waals surface area contributed by atoms with Crippen LogP contribution < -0.4 is 0 Å². The monoisotopic (exact) mass is 148 g/mol. The molecule has 0 aromatic heterocycles. The molecular weight excluding hydrogens is 136 g/mol. The third-order valence-electron chi connectivity index (χ3n) is 1.60. The van der Waals surface area contributed by atoms with Gasteiger partial charge in [-0.1, -0.05) is 0 Å². The Morgan fingerprint density at radius 2 is 2.44 bits per heavy atom. The van der Waals surface area contributed by atoms with Gasteiger partial charge in [0.05, 0.1) is 6.10 Å². The van der Waals surface area contributed by atoms with Crippen molar-refractivity contribution in [1.82, 2.24) is 0 Å². The fourth-order valence-electron chi connectivity index (χ4n) is 1.03. The van der Waals surface area contributed by atoms with Gasteiger partial charge in [0.15, 0.2) is 0 Å². The summed E-state index contributed by atoms with van der Waals surface area (Å²) in [5.41, 5.74) is 0. The lowest BCUT2D eigenvalue weighted by Gasteiger charge is -2.18. The lowest BCUT2D eigenvalue weighted by Crippen LogP contribution is -2.26. The normalized spacial score (nSPS) is 36.6. The van der Waals surface area contributed by atoms with E-state index in [0.717, 1.165) is 24.3 Å². The summed E-state index contributed by atoms with van der Waals surface area (Å²) in [4.78, 5) is 0. The molecule has 2 nitrogen and oxygen atoms in total. The third kappa shape index (κ3) is 2.06. The maximum atomic E-state index is 10.9. The van der Waals surface area contributed by atoms with Crippen molar-refractivity contribution < 1.29 is 8.95 Å². The SMILES string of the molecule is CO[C@H]1CCCS(=O)C1. The van der Waals surface area contributed by atoms with Gasteiger partial charge in [0.2, 0.25) is 0 Å². The molecule has 0 aromatic carbocycles. The van der Waals surface area contributed by atoms with Crippen LogP contribution >= 0.6 is 0 Å². The summed E-state index contributed by atoms with van der Waals surface area (Å²) in [6.45, 7) is 0. The summed E-state index contributed by atoms with van der Waals surface area (Å²) in [7, 11) is 1.09. The highest BCUT2D eigenvalue weighted by atomic mass is 32.2. The first-order chi connectivity index (χ1) is 4.33. The molecule has 0 radical (unpaired) electrons. The van der Waals surface area contributed by atoms with E-state index in [4.69, 9.17) is 4.74 Å². The molecule has 2 atom stereocenters. The fourth-order valence-corrected chi connectivity index (χ4v) is 2.40. The van der Waals surface area contributed by atoms with E-state index in [2.05, 4.69) is 0 Å². The minimum absolute atomic E-state index is 0.264. The fraction of sp³-hybridized carbons (Fsp3) is 1.00. The standard InChI is InChI=1S/C6H12O2S/c1-8-6-3-2-4-9(7)5-6/h6H,2-5H2,1H3/t6-,9?/m0/s1. The van der Waals surface area contributed by atoms with Crippen LogP contribution in [0.4, 0.5) is 0 Å². The van der Waals surface area contributed by atoms with E-state index >= 15 is 0 Å². The van der Waals surface area contributed by atoms with Gasteiger partial charge in [-0.25, -0.2) is 0 Å². The van der Waals surface area contributed by atoms with Crippen LogP contribution in [0.3, 0.4) is 0 Å². The van der Waals surface area contributed by atoms with Crippen LogP contribution in [0, 0.1) is 0 Å². The van der Waals surface area contributed by atoms with Crippen LogP contribution in [-0.4, -0.2) is 28.9 Å². The van der Waals surface area contributed by atoms with Gasteiger partial charge in [0, 0.05) is 29.4 Å². The Morgan fingerprint density at radius 1 is 1.67 bits per heavy atom. The average molecular weight is 148 g/mol. The van der Waals surface area contributed by atoms with Gasteiger partial charge in [0.1, 0.15) is 0 Å². The van der Waals surface area contributed by atoms with E-state index in [1.165, 1.54) is 0 Å². The molecule has 1 fully saturated rings. The Bertz CT molecular complexity index is 114. The van der Waals surface area contributed by atoms with Gasteiger partial charge < -0.3 is 4.74 Å². The molecule has 1 aliphatic heterocycles. The zero-order chi connectivity index (χ0) is 6.69. The maximum absolute atomic E-state index is 10.9. The summed E-state index contributed by atoms with van der Waals surface area (Å²) >= 11 is 0. The molecule has 1 rings (SSSR count). The van der Waals surface area contributed by atoms with Gasteiger partial charge in [0.25, 0.3) is 0 Å². The Hall–Kier alpha value is 0.110.